The van der Waals surface area contributed by atoms with Crippen molar-refractivity contribution in [2.24, 2.45) is 0 Å². The first-order valence-corrected chi connectivity index (χ1v) is 11.9. The Labute approximate surface area is 99.2 Å². The van der Waals surface area contributed by atoms with Crippen molar-refractivity contribution < 1.29 is 0 Å². The van der Waals surface area contributed by atoms with Crippen LogP contribution in [0.1, 0.15) is 30.5 Å². The molecule has 1 aliphatic carbocycles. The van der Waals surface area contributed by atoms with Crippen LogP contribution in [0.2, 0.25) is 0 Å². The fourth-order valence-corrected chi connectivity index (χ4v) is 8.08. The van der Waals surface area contributed by atoms with E-state index in [1.165, 1.54) is 24.1 Å². The van der Waals surface area contributed by atoms with Crippen molar-refractivity contribution in [2.75, 3.05) is 0 Å². The zero-order valence-corrected chi connectivity index (χ0v) is 13.1. The summed E-state index contributed by atoms with van der Waals surface area (Å²) in [5.41, 5.74) is 3.68. The van der Waals surface area contributed by atoms with E-state index in [9.17, 15) is 0 Å². The maximum atomic E-state index is 4.56. The van der Waals surface area contributed by atoms with Crippen molar-refractivity contribution >= 4 is 33.1 Å². The van der Waals surface area contributed by atoms with Gasteiger partial charge in [-0.15, -0.1) is 17.9 Å². The smallest absolute Gasteiger partial charge is 0.0470 e. The maximum Gasteiger partial charge on any atom is 0.0470 e. The Bertz CT molecular complexity index is 344. The first kappa shape index (κ1) is 12.3. The number of nitrogens with zero attached hydrogens (tertiary/aromatic N) is 1. The number of fused-ring (bicyclic) bond motifs is 1. The molecule has 0 amide bonds. The fraction of sp³-hybridized carbons (Fsp3) is 0.500. The van der Waals surface area contributed by atoms with Crippen LogP contribution in [0, 0.1) is 0 Å². The van der Waals surface area contributed by atoms with Gasteiger partial charge in [0.2, 0.25) is 0 Å². The standard InChI is InChI=1S/C10H17NP4/c1-7-9(15(13)14-12)5-4-8-3-2-6-11-10(7)8/h2-3,6-7,9,14H,4-5,12-13H2,1H3/t7-,9-,15?/m0/s1. The van der Waals surface area contributed by atoms with Gasteiger partial charge in [-0.3, -0.25) is 4.98 Å². The first-order valence-electron chi connectivity index (χ1n) is 5.18. The Hall–Kier alpha value is 0.870. The van der Waals surface area contributed by atoms with Crippen LogP contribution >= 0.6 is 33.1 Å². The second-order valence-corrected chi connectivity index (χ2v) is 13.6. The van der Waals surface area contributed by atoms with Gasteiger partial charge in [-0.05, 0) is 30.1 Å². The number of rotatable bonds is 2. The Kier molecular flexibility index (Phi) is 4.50. The average Bonchev–Trinajstić information content (AvgIpc) is 2.29. The number of hydrogen-bond acceptors (Lipinski definition) is 1. The van der Waals surface area contributed by atoms with Gasteiger partial charge >= 0.3 is 0 Å². The predicted molar refractivity (Wildman–Crippen MR) is 79.4 cm³/mol. The lowest BCUT2D eigenvalue weighted by Gasteiger charge is -2.33. The molecule has 5 heteroatoms. The molecule has 0 radical (unpaired) electrons. The summed E-state index contributed by atoms with van der Waals surface area (Å²) >= 11 is 0. The van der Waals surface area contributed by atoms with Crippen LogP contribution in [0.5, 0.6) is 0 Å². The van der Waals surface area contributed by atoms with Crippen molar-refractivity contribution in [3.8, 4) is 0 Å². The average molecular weight is 275 g/mol. The van der Waals surface area contributed by atoms with Crippen LogP contribution in [0.3, 0.4) is 0 Å². The summed E-state index contributed by atoms with van der Waals surface area (Å²) < 4.78 is 0. The Morgan fingerprint density at radius 2 is 2.40 bits per heavy atom. The van der Waals surface area contributed by atoms with Gasteiger partial charge in [0.05, 0.1) is 0 Å². The summed E-state index contributed by atoms with van der Waals surface area (Å²) in [5, 5.41) is 0. The van der Waals surface area contributed by atoms with E-state index in [2.05, 4.69) is 41.9 Å². The molecule has 0 N–H and O–H groups in total. The molecule has 82 valence electrons. The van der Waals surface area contributed by atoms with Gasteiger partial charge in [-0.1, -0.05) is 28.2 Å². The first-order chi connectivity index (χ1) is 7.24. The van der Waals surface area contributed by atoms with Crippen LogP contribution in [0.25, 0.3) is 0 Å². The highest BCUT2D eigenvalue weighted by molar-refractivity contribution is 8.61. The van der Waals surface area contributed by atoms with E-state index in [1.54, 1.807) is 0 Å². The Morgan fingerprint density at radius 1 is 1.60 bits per heavy atom. The monoisotopic (exact) mass is 275 g/mol. The number of pyridine rings is 1. The molecular weight excluding hydrogens is 258 g/mol. The van der Waals surface area contributed by atoms with Crippen LogP contribution in [-0.2, 0) is 6.42 Å². The third-order valence-electron chi connectivity index (χ3n) is 3.15. The molecule has 1 aromatic heterocycles. The molecule has 0 saturated heterocycles. The van der Waals surface area contributed by atoms with Crippen LogP contribution in [0.4, 0.5) is 0 Å². The highest BCUT2D eigenvalue weighted by atomic mass is 32.6. The van der Waals surface area contributed by atoms with E-state index in [0.717, 1.165) is 13.6 Å². The van der Waals surface area contributed by atoms with E-state index < -0.39 is 0 Å². The SMILES string of the molecule is C[C@@H]1c2ncccc2CC[C@@H]1P(P)PP. The molecular formula is C10H17NP4. The van der Waals surface area contributed by atoms with E-state index in [0.29, 0.717) is 5.92 Å². The number of aryl methyl sites for hydroxylation is 1. The molecule has 15 heavy (non-hydrogen) atoms. The van der Waals surface area contributed by atoms with Crippen molar-refractivity contribution in [2.45, 2.75) is 31.3 Å². The number of aromatic nitrogens is 1. The Morgan fingerprint density at radius 3 is 3.13 bits per heavy atom. The lowest BCUT2D eigenvalue weighted by molar-refractivity contribution is 0.587. The van der Waals surface area contributed by atoms with E-state index in [4.69, 9.17) is 0 Å². The third kappa shape index (κ3) is 2.58. The van der Waals surface area contributed by atoms with Crippen molar-refractivity contribution in [1.82, 2.24) is 4.98 Å². The van der Waals surface area contributed by atoms with Crippen LogP contribution < -0.4 is 0 Å². The van der Waals surface area contributed by atoms with E-state index >= 15 is 0 Å². The molecule has 1 nitrogen and oxygen atoms in total. The minimum Gasteiger partial charge on any atom is -0.261 e. The van der Waals surface area contributed by atoms with Gasteiger partial charge in [-0.2, -0.15) is 0 Å². The van der Waals surface area contributed by atoms with Crippen molar-refractivity contribution in [3.05, 3.63) is 29.6 Å². The molecule has 1 aliphatic rings. The minimum atomic E-state index is 0.107. The zero-order chi connectivity index (χ0) is 10.8. The predicted octanol–water partition coefficient (Wildman–Crippen LogP) is 4.16. The van der Waals surface area contributed by atoms with Gasteiger partial charge in [-0.25, -0.2) is 0 Å². The molecule has 0 aliphatic heterocycles. The third-order valence-corrected chi connectivity index (χ3v) is 14.6. The molecule has 0 aromatic carbocycles. The molecule has 4 unspecified atom stereocenters. The van der Waals surface area contributed by atoms with Gasteiger partial charge in [0.25, 0.3) is 0 Å². The normalized spacial score (nSPS) is 27.9. The lowest BCUT2D eigenvalue weighted by atomic mass is 9.87. The zero-order valence-electron chi connectivity index (χ0n) is 8.85. The molecule has 0 saturated carbocycles. The topological polar surface area (TPSA) is 12.9 Å². The van der Waals surface area contributed by atoms with Crippen LogP contribution in [0.15, 0.2) is 18.3 Å². The fourth-order valence-electron chi connectivity index (χ4n) is 2.28. The van der Waals surface area contributed by atoms with Crippen LogP contribution in [-0.4, -0.2) is 10.6 Å². The van der Waals surface area contributed by atoms with Crippen molar-refractivity contribution in [1.29, 1.82) is 0 Å². The lowest BCUT2D eigenvalue weighted by Crippen LogP contribution is -2.21. The summed E-state index contributed by atoms with van der Waals surface area (Å²) in [6.07, 6.45) is 4.50. The summed E-state index contributed by atoms with van der Waals surface area (Å²) in [6, 6.07) is 4.30. The summed E-state index contributed by atoms with van der Waals surface area (Å²) in [6.45, 7) is 2.35. The quantitative estimate of drug-likeness (QED) is 0.739. The van der Waals surface area contributed by atoms with Gasteiger partial charge in [0.1, 0.15) is 0 Å². The van der Waals surface area contributed by atoms with E-state index in [1.807, 2.05) is 6.20 Å². The second-order valence-electron chi connectivity index (χ2n) is 3.98. The summed E-state index contributed by atoms with van der Waals surface area (Å²) in [7, 11) is 7.09. The molecule has 0 spiro atoms. The maximum absolute atomic E-state index is 4.56. The molecule has 0 fully saturated rings. The largest absolute Gasteiger partial charge is 0.261 e. The molecule has 1 heterocycles. The Balaban J connectivity index is 2.25. The molecule has 6 atom stereocenters. The second kappa shape index (κ2) is 5.47. The molecule has 2 rings (SSSR count). The van der Waals surface area contributed by atoms with Crippen molar-refractivity contribution in [3.63, 3.8) is 0 Å². The highest BCUT2D eigenvalue weighted by Gasteiger charge is 2.30. The summed E-state index contributed by atoms with van der Waals surface area (Å²) in [5.74, 6) is 0.645. The highest BCUT2D eigenvalue weighted by Crippen LogP contribution is 2.72. The molecule has 0 bridgehead atoms. The summed E-state index contributed by atoms with van der Waals surface area (Å²) in [4.78, 5) is 4.56. The van der Waals surface area contributed by atoms with Gasteiger partial charge < -0.3 is 0 Å². The minimum absolute atomic E-state index is 0.107. The van der Waals surface area contributed by atoms with E-state index in [-0.39, 0.29) is 7.30 Å². The van der Waals surface area contributed by atoms with Gasteiger partial charge in [0.15, 0.2) is 0 Å². The van der Waals surface area contributed by atoms with Gasteiger partial charge in [0, 0.05) is 17.8 Å². The molecule has 1 aromatic rings. The number of hydrogen-bond donors (Lipinski definition) is 0.